The molecule has 104 valence electrons. The van der Waals surface area contributed by atoms with Crippen LogP contribution in [0.1, 0.15) is 33.6 Å². The number of carbonyl (C=O) groups is 1. The normalized spacial score (nSPS) is 16.8. The lowest BCUT2D eigenvalue weighted by atomic mass is 10.1. The van der Waals surface area contributed by atoms with E-state index in [2.05, 4.69) is 25.1 Å². The van der Waals surface area contributed by atoms with E-state index < -0.39 is 5.60 Å². The van der Waals surface area contributed by atoms with Gasteiger partial charge in [-0.1, -0.05) is 11.6 Å². The minimum Gasteiger partial charge on any atom is -0.444 e. The van der Waals surface area contributed by atoms with Gasteiger partial charge in [0.1, 0.15) is 5.60 Å². The van der Waals surface area contributed by atoms with Gasteiger partial charge in [0.15, 0.2) is 0 Å². The fraction of sp³-hybridized carbons (Fsp3) is 0.786. The van der Waals surface area contributed by atoms with Crippen LogP contribution in [0, 0.1) is 0 Å². The molecule has 0 aromatic heterocycles. The third-order valence-corrected chi connectivity index (χ3v) is 2.84. The maximum Gasteiger partial charge on any atom is 0.410 e. The summed E-state index contributed by atoms with van der Waals surface area (Å²) < 4.78 is 5.36. The van der Waals surface area contributed by atoms with E-state index in [1.54, 1.807) is 4.90 Å². The molecule has 0 unspecified atom stereocenters. The SMILES string of the molecule is CN(C)CCC1=CCN(C(=O)OC(C)(C)C)CC1. The predicted octanol–water partition coefficient (Wildman–Crippen LogP) is 2.51. The van der Waals surface area contributed by atoms with Gasteiger partial charge in [-0.15, -0.1) is 0 Å². The van der Waals surface area contributed by atoms with Crippen LogP contribution in [0.25, 0.3) is 0 Å². The lowest BCUT2D eigenvalue weighted by Crippen LogP contribution is -2.39. The van der Waals surface area contributed by atoms with Crippen molar-refractivity contribution in [3.63, 3.8) is 0 Å². The van der Waals surface area contributed by atoms with E-state index in [9.17, 15) is 4.79 Å². The fourth-order valence-electron chi connectivity index (χ4n) is 1.80. The van der Waals surface area contributed by atoms with E-state index in [1.165, 1.54) is 5.57 Å². The predicted molar refractivity (Wildman–Crippen MR) is 73.7 cm³/mol. The van der Waals surface area contributed by atoms with Crippen LogP contribution in [0.3, 0.4) is 0 Å². The van der Waals surface area contributed by atoms with Crippen molar-refractivity contribution in [2.75, 3.05) is 33.7 Å². The molecule has 1 amide bonds. The Kier molecular flexibility index (Phi) is 5.20. The van der Waals surface area contributed by atoms with Crippen molar-refractivity contribution >= 4 is 6.09 Å². The minimum absolute atomic E-state index is 0.203. The second-order valence-electron chi connectivity index (χ2n) is 6.09. The zero-order chi connectivity index (χ0) is 13.8. The second-order valence-corrected chi connectivity index (χ2v) is 6.09. The van der Waals surface area contributed by atoms with Crippen LogP contribution in [-0.2, 0) is 4.74 Å². The number of nitrogens with zero attached hydrogens (tertiary/aromatic N) is 2. The van der Waals surface area contributed by atoms with Crippen LogP contribution in [0.15, 0.2) is 11.6 Å². The van der Waals surface area contributed by atoms with Crippen LogP contribution >= 0.6 is 0 Å². The summed E-state index contributed by atoms with van der Waals surface area (Å²) in [6, 6.07) is 0. The maximum absolute atomic E-state index is 11.9. The van der Waals surface area contributed by atoms with E-state index in [4.69, 9.17) is 4.74 Å². The van der Waals surface area contributed by atoms with Gasteiger partial charge in [0.05, 0.1) is 0 Å². The molecule has 18 heavy (non-hydrogen) atoms. The molecule has 1 rings (SSSR count). The highest BCUT2D eigenvalue weighted by Crippen LogP contribution is 2.17. The van der Waals surface area contributed by atoms with Crippen LogP contribution in [-0.4, -0.2) is 55.2 Å². The summed E-state index contributed by atoms with van der Waals surface area (Å²) in [6.45, 7) is 8.21. The molecule has 1 aliphatic rings. The summed E-state index contributed by atoms with van der Waals surface area (Å²) in [5.74, 6) is 0. The molecule has 4 heteroatoms. The molecule has 0 saturated heterocycles. The molecule has 0 saturated carbocycles. The quantitative estimate of drug-likeness (QED) is 0.725. The van der Waals surface area contributed by atoms with Crippen LogP contribution in [0.4, 0.5) is 4.79 Å². The molecule has 1 aliphatic heterocycles. The Balaban J connectivity index is 2.40. The molecule has 4 nitrogen and oxygen atoms in total. The largest absolute Gasteiger partial charge is 0.444 e. The molecule has 0 radical (unpaired) electrons. The van der Waals surface area contributed by atoms with Gasteiger partial charge in [0.25, 0.3) is 0 Å². The third-order valence-electron chi connectivity index (χ3n) is 2.84. The summed E-state index contributed by atoms with van der Waals surface area (Å²) in [5, 5.41) is 0. The number of carbonyl (C=O) groups excluding carboxylic acids is 1. The third kappa shape index (κ3) is 5.54. The molecule has 0 atom stereocenters. The number of hydrogen-bond acceptors (Lipinski definition) is 3. The zero-order valence-corrected chi connectivity index (χ0v) is 12.3. The molecule has 1 heterocycles. The Labute approximate surface area is 111 Å². The zero-order valence-electron chi connectivity index (χ0n) is 12.3. The number of rotatable bonds is 3. The average Bonchev–Trinajstić information content (AvgIpc) is 2.24. The molecule has 0 aromatic rings. The van der Waals surface area contributed by atoms with Crippen molar-refractivity contribution in [1.29, 1.82) is 0 Å². The maximum atomic E-state index is 11.9. The van der Waals surface area contributed by atoms with Gasteiger partial charge in [-0.25, -0.2) is 4.79 Å². The Morgan fingerprint density at radius 2 is 2.11 bits per heavy atom. The topological polar surface area (TPSA) is 32.8 Å². The Hall–Kier alpha value is -1.03. The van der Waals surface area contributed by atoms with Crippen molar-refractivity contribution in [2.24, 2.45) is 0 Å². The molecular weight excluding hydrogens is 228 g/mol. The smallest absolute Gasteiger partial charge is 0.410 e. The van der Waals surface area contributed by atoms with Crippen molar-refractivity contribution in [1.82, 2.24) is 9.80 Å². The lowest BCUT2D eigenvalue weighted by molar-refractivity contribution is 0.0265. The minimum atomic E-state index is -0.411. The van der Waals surface area contributed by atoms with Crippen molar-refractivity contribution < 1.29 is 9.53 Å². The van der Waals surface area contributed by atoms with Crippen molar-refractivity contribution in [2.45, 2.75) is 39.2 Å². The fourth-order valence-corrected chi connectivity index (χ4v) is 1.80. The molecular formula is C14H26N2O2. The summed E-state index contributed by atoms with van der Waals surface area (Å²) >= 11 is 0. The van der Waals surface area contributed by atoms with Gasteiger partial charge in [-0.3, -0.25) is 0 Å². The van der Waals surface area contributed by atoms with Crippen LogP contribution < -0.4 is 0 Å². The van der Waals surface area contributed by atoms with Crippen molar-refractivity contribution in [3.05, 3.63) is 11.6 Å². The van der Waals surface area contributed by atoms with Gasteiger partial charge in [0, 0.05) is 19.6 Å². The summed E-state index contributed by atoms with van der Waals surface area (Å²) in [5.41, 5.74) is 1.04. The molecule has 0 aliphatic carbocycles. The van der Waals surface area contributed by atoms with Crippen LogP contribution in [0.5, 0.6) is 0 Å². The highest BCUT2D eigenvalue weighted by Gasteiger charge is 2.23. The molecule has 0 aromatic carbocycles. The van der Waals surface area contributed by atoms with E-state index in [0.29, 0.717) is 6.54 Å². The monoisotopic (exact) mass is 254 g/mol. The van der Waals surface area contributed by atoms with E-state index >= 15 is 0 Å². The Morgan fingerprint density at radius 1 is 1.44 bits per heavy atom. The van der Waals surface area contributed by atoms with Gasteiger partial charge >= 0.3 is 6.09 Å². The highest BCUT2D eigenvalue weighted by molar-refractivity contribution is 5.68. The average molecular weight is 254 g/mol. The first-order chi connectivity index (χ1) is 8.28. The molecule has 0 fully saturated rings. The Morgan fingerprint density at radius 3 is 2.56 bits per heavy atom. The van der Waals surface area contributed by atoms with Crippen molar-refractivity contribution in [3.8, 4) is 0 Å². The number of amides is 1. The molecule has 0 bridgehead atoms. The molecule has 0 N–H and O–H groups in total. The van der Waals surface area contributed by atoms with Gasteiger partial charge in [-0.2, -0.15) is 0 Å². The van der Waals surface area contributed by atoms with Gasteiger partial charge in [0.2, 0.25) is 0 Å². The summed E-state index contributed by atoms with van der Waals surface area (Å²) in [4.78, 5) is 15.8. The first kappa shape index (κ1) is 15.0. The first-order valence-corrected chi connectivity index (χ1v) is 6.58. The van der Waals surface area contributed by atoms with E-state index in [0.717, 1.165) is 25.9 Å². The second kappa shape index (κ2) is 6.23. The first-order valence-electron chi connectivity index (χ1n) is 6.58. The summed E-state index contributed by atoms with van der Waals surface area (Å²) in [7, 11) is 4.16. The lowest BCUT2D eigenvalue weighted by Gasteiger charge is -2.29. The number of hydrogen-bond donors (Lipinski definition) is 0. The van der Waals surface area contributed by atoms with Gasteiger partial charge in [-0.05, 0) is 47.7 Å². The van der Waals surface area contributed by atoms with Gasteiger partial charge < -0.3 is 14.5 Å². The Bertz CT molecular complexity index is 316. The van der Waals surface area contributed by atoms with E-state index in [1.807, 2.05) is 20.8 Å². The summed E-state index contributed by atoms with van der Waals surface area (Å²) in [6.07, 6.45) is 4.02. The molecule has 0 spiro atoms. The highest BCUT2D eigenvalue weighted by atomic mass is 16.6. The van der Waals surface area contributed by atoms with Crippen LogP contribution in [0.2, 0.25) is 0 Å². The van der Waals surface area contributed by atoms with E-state index in [-0.39, 0.29) is 6.09 Å². The number of ether oxygens (including phenoxy) is 1. The standard InChI is InChI=1S/C14H26N2O2/c1-14(2,3)18-13(17)16-10-7-12(8-11-16)6-9-15(4)5/h7H,6,8-11H2,1-5H3.